The number of aromatic nitrogens is 3. The third kappa shape index (κ3) is 3.94. The van der Waals surface area contributed by atoms with Crippen molar-refractivity contribution >= 4 is 29.5 Å². The number of nitrogens with two attached hydrogens (primary N) is 1. The van der Waals surface area contributed by atoms with E-state index in [1.54, 1.807) is 44.8 Å². The van der Waals surface area contributed by atoms with Crippen LogP contribution in [0.3, 0.4) is 0 Å². The van der Waals surface area contributed by atoms with Crippen molar-refractivity contribution in [2.75, 3.05) is 14.1 Å². The summed E-state index contributed by atoms with van der Waals surface area (Å²) in [6.07, 6.45) is 6.84. The molecule has 0 aliphatic heterocycles. The lowest BCUT2D eigenvalue weighted by molar-refractivity contribution is 0.0827. The number of carbonyl (C=O) groups is 1. The number of fused-ring (bicyclic) bond motifs is 1. The minimum atomic E-state index is -1.58. The number of amides is 1. The summed E-state index contributed by atoms with van der Waals surface area (Å²) in [5.41, 5.74) is 11.5. The molecule has 0 radical (unpaired) electrons. The first-order valence-electron chi connectivity index (χ1n) is 9.72. The molecule has 0 unspecified atom stereocenters. The molecule has 3 aromatic heterocycles. The van der Waals surface area contributed by atoms with Gasteiger partial charge in [0, 0.05) is 67.5 Å². The van der Waals surface area contributed by atoms with Gasteiger partial charge in [0.1, 0.15) is 5.65 Å². The van der Waals surface area contributed by atoms with Crippen LogP contribution in [0, 0.1) is 0 Å². The Labute approximate surface area is 179 Å². The van der Waals surface area contributed by atoms with Gasteiger partial charge in [0.15, 0.2) is 0 Å². The van der Waals surface area contributed by atoms with Crippen molar-refractivity contribution in [3.63, 3.8) is 0 Å². The Balaban J connectivity index is 1.79. The highest BCUT2D eigenvalue weighted by molar-refractivity contribution is 6.59. The lowest BCUT2D eigenvalue weighted by atomic mass is 9.76. The summed E-state index contributed by atoms with van der Waals surface area (Å²) in [6, 6.07) is 9.13. The third-order valence-corrected chi connectivity index (χ3v) is 5.21. The van der Waals surface area contributed by atoms with Crippen LogP contribution >= 0.6 is 0 Å². The van der Waals surface area contributed by atoms with Gasteiger partial charge >= 0.3 is 7.12 Å². The summed E-state index contributed by atoms with van der Waals surface area (Å²) in [4.78, 5) is 25.7. The molecule has 0 fully saturated rings. The van der Waals surface area contributed by atoms with E-state index in [0.717, 1.165) is 27.6 Å². The fourth-order valence-electron chi connectivity index (χ4n) is 3.57. The number of hydrogen-bond acceptors (Lipinski definition) is 6. The van der Waals surface area contributed by atoms with Gasteiger partial charge in [-0.3, -0.25) is 9.78 Å². The summed E-state index contributed by atoms with van der Waals surface area (Å²) in [6.45, 7) is 0.186. The number of H-pyrrole nitrogens is 1. The van der Waals surface area contributed by atoms with Crippen LogP contribution in [0.25, 0.3) is 33.3 Å². The SMILES string of the molecule is CN(C)C(=O)c1cncc(-c2cnc3[nH]cc(-c4ccc(B(O)O)c(CN)c4)c3c2)c1. The molecule has 3 heterocycles. The van der Waals surface area contributed by atoms with E-state index in [9.17, 15) is 14.8 Å². The number of nitrogens with one attached hydrogen (secondary N) is 1. The second kappa shape index (κ2) is 8.31. The summed E-state index contributed by atoms with van der Waals surface area (Å²) < 4.78 is 0. The minimum Gasteiger partial charge on any atom is -0.423 e. The van der Waals surface area contributed by atoms with Gasteiger partial charge in [0.25, 0.3) is 5.91 Å². The Hall–Kier alpha value is -3.53. The predicted molar refractivity (Wildman–Crippen MR) is 120 cm³/mol. The summed E-state index contributed by atoms with van der Waals surface area (Å²) >= 11 is 0. The number of nitrogens with zero attached hydrogens (tertiary/aromatic N) is 3. The number of aromatic amines is 1. The smallest absolute Gasteiger partial charge is 0.423 e. The zero-order valence-corrected chi connectivity index (χ0v) is 17.2. The maximum Gasteiger partial charge on any atom is 0.488 e. The van der Waals surface area contributed by atoms with Crippen molar-refractivity contribution in [3.8, 4) is 22.3 Å². The maximum absolute atomic E-state index is 12.3. The van der Waals surface area contributed by atoms with Crippen LogP contribution in [0.15, 0.2) is 55.1 Å². The van der Waals surface area contributed by atoms with Gasteiger partial charge in [-0.15, -0.1) is 0 Å². The van der Waals surface area contributed by atoms with E-state index in [0.29, 0.717) is 22.2 Å². The molecule has 4 rings (SSSR count). The predicted octanol–water partition coefficient (Wildman–Crippen LogP) is 1.13. The van der Waals surface area contributed by atoms with Crippen molar-refractivity contribution < 1.29 is 14.8 Å². The monoisotopic (exact) mass is 415 g/mol. The average Bonchev–Trinajstić information content (AvgIpc) is 3.21. The van der Waals surface area contributed by atoms with E-state index in [-0.39, 0.29) is 12.5 Å². The second-order valence-electron chi connectivity index (χ2n) is 7.48. The van der Waals surface area contributed by atoms with Crippen LogP contribution < -0.4 is 11.2 Å². The molecule has 1 amide bonds. The number of pyridine rings is 2. The van der Waals surface area contributed by atoms with Crippen molar-refractivity contribution in [1.82, 2.24) is 19.9 Å². The highest BCUT2D eigenvalue weighted by atomic mass is 16.4. The van der Waals surface area contributed by atoms with Gasteiger partial charge in [-0.2, -0.15) is 0 Å². The highest BCUT2D eigenvalue weighted by Crippen LogP contribution is 2.31. The van der Waals surface area contributed by atoms with Crippen LogP contribution in [-0.2, 0) is 6.54 Å². The fourth-order valence-corrected chi connectivity index (χ4v) is 3.57. The van der Waals surface area contributed by atoms with Crippen molar-refractivity contribution in [2.45, 2.75) is 6.54 Å². The number of carbonyl (C=O) groups excluding carboxylic acids is 1. The van der Waals surface area contributed by atoms with Gasteiger partial charge in [0.2, 0.25) is 0 Å². The Morgan fingerprint density at radius 3 is 2.58 bits per heavy atom. The summed E-state index contributed by atoms with van der Waals surface area (Å²) in [7, 11) is 1.82. The van der Waals surface area contributed by atoms with Crippen LogP contribution in [0.1, 0.15) is 15.9 Å². The molecule has 9 heteroatoms. The third-order valence-electron chi connectivity index (χ3n) is 5.21. The Morgan fingerprint density at radius 2 is 1.87 bits per heavy atom. The molecule has 31 heavy (non-hydrogen) atoms. The van der Waals surface area contributed by atoms with Gasteiger partial charge in [0.05, 0.1) is 5.56 Å². The molecule has 0 saturated carbocycles. The molecule has 8 nitrogen and oxygen atoms in total. The van der Waals surface area contributed by atoms with E-state index < -0.39 is 7.12 Å². The molecule has 1 aromatic carbocycles. The average molecular weight is 415 g/mol. The largest absolute Gasteiger partial charge is 0.488 e. The van der Waals surface area contributed by atoms with E-state index in [1.165, 1.54) is 4.90 Å². The van der Waals surface area contributed by atoms with Gasteiger partial charge in [-0.05, 0) is 28.7 Å². The molecular formula is C22H22BN5O3. The first-order chi connectivity index (χ1) is 14.9. The molecular weight excluding hydrogens is 393 g/mol. The molecule has 0 atom stereocenters. The first kappa shape index (κ1) is 20.7. The number of rotatable bonds is 5. The van der Waals surface area contributed by atoms with E-state index in [2.05, 4.69) is 15.0 Å². The Kier molecular flexibility index (Phi) is 5.56. The van der Waals surface area contributed by atoms with Crippen LogP contribution in [0.2, 0.25) is 0 Å². The van der Waals surface area contributed by atoms with Crippen molar-refractivity contribution in [2.24, 2.45) is 5.73 Å². The number of benzene rings is 1. The molecule has 5 N–H and O–H groups in total. The van der Waals surface area contributed by atoms with Crippen LogP contribution in [0.5, 0.6) is 0 Å². The molecule has 156 valence electrons. The molecule has 0 aliphatic carbocycles. The molecule has 0 bridgehead atoms. The first-order valence-corrected chi connectivity index (χ1v) is 9.72. The molecule has 0 aliphatic rings. The lowest BCUT2D eigenvalue weighted by Crippen LogP contribution is -2.33. The molecule has 4 aromatic rings. The number of hydrogen-bond donors (Lipinski definition) is 4. The molecule has 0 saturated heterocycles. The lowest BCUT2D eigenvalue weighted by Gasteiger charge is -2.11. The van der Waals surface area contributed by atoms with E-state index >= 15 is 0 Å². The molecule has 0 spiro atoms. The highest BCUT2D eigenvalue weighted by Gasteiger charge is 2.17. The van der Waals surface area contributed by atoms with Crippen molar-refractivity contribution in [1.29, 1.82) is 0 Å². The minimum absolute atomic E-state index is 0.119. The fraction of sp³-hybridized carbons (Fsp3) is 0.136. The summed E-state index contributed by atoms with van der Waals surface area (Å²) in [5.74, 6) is -0.119. The summed E-state index contributed by atoms with van der Waals surface area (Å²) in [5, 5.41) is 20.0. The zero-order chi connectivity index (χ0) is 22.1. The van der Waals surface area contributed by atoms with Crippen LogP contribution in [-0.4, -0.2) is 57.0 Å². The standard InChI is InChI=1S/C22H22BN5O3/c1-28(2)22(29)17-6-15(9-25-10-17)16-7-18-19(12-27-21(18)26-11-16)13-3-4-20(23(30)31)14(5-13)8-24/h3-7,9-12,30-31H,8,24H2,1-2H3,(H,26,27). The quantitative estimate of drug-likeness (QED) is 0.362. The Bertz CT molecular complexity index is 1270. The van der Waals surface area contributed by atoms with Crippen LogP contribution in [0.4, 0.5) is 0 Å². The van der Waals surface area contributed by atoms with Crippen molar-refractivity contribution in [3.05, 3.63) is 66.2 Å². The normalized spacial score (nSPS) is 11.0. The Morgan fingerprint density at radius 1 is 1.10 bits per heavy atom. The topological polar surface area (TPSA) is 128 Å². The van der Waals surface area contributed by atoms with E-state index in [4.69, 9.17) is 5.73 Å². The van der Waals surface area contributed by atoms with Gasteiger partial charge in [-0.25, -0.2) is 4.98 Å². The maximum atomic E-state index is 12.3. The van der Waals surface area contributed by atoms with Gasteiger partial charge < -0.3 is 25.7 Å². The second-order valence-corrected chi connectivity index (χ2v) is 7.48. The van der Waals surface area contributed by atoms with Gasteiger partial charge in [-0.1, -0.05) is 18.2 Å². The van der Waals surface area contributed by atoms with E-state index in [1.807, 2.05) is 24.4 Å². The zero-order valence-electron chi connectivity index (χ0n) is 17.2.